The Morgan fingerprint density at radius 3 is 2.48 bits per heavy atom. The fourth-order valence-electron chi connectivity index (χ4n) is 2.50. The molecule has 0 atom stereocenters. The van der Waals surface area contributed by atoms with Crippen LogP contribution in [0.3, 0.4) is 0 Å². The Morgan fingerprint density at radius 2 is 1.71 bits per heavy atom. The molecule has 0 amide bonds. The summed E-state index contributed by atoms with van der Waals surface area (Å²) < 4.78 is 2.10. The second kappa shape index (κ2) is 4.49. The zero-order valence-corrected chi connectivity index (χ0v) is 11.2. The average Bonchev–Trinajstić information content (AvgIpc) is 3.11. The van der Waals surface area contributed by atoms with Crippen molar-refractivity contribution in [3.8, 4) is 17.2 Å². The van der Waals surface area contributed by atoms with Gasteiger partial charge in [-0.05, 0) is 24.3 Å². The van der Waals surface area contributed by atoms with Crippen LogP contribution in [0.15, 0.2) is 60.7 Å². The molecule has 0 unspecified atom stereocenters. The van der Waals surface area contributed by atoms with Gasteiger partial charge in [0.15, 0.2) is 5.82 Å². The molecule has 2 heterocycles. The van der Waals surface area contributed by atoms with Gasteiger partial charge in [-0.2, -0.15) is 5.10 Å². The van der Waals surface area contributed by atoms with Gasteiger partial charge < -0.3 is 5.73 Å². The number of aromatic amines is 1. The van der Waals surface area contributed by atoms with E-state index in [1.807, 2.05) is 36.4 Å². The van der Waals surface area contributed by atoms with Crippen molar-refractivity contribution in [3.63, 3.8) is 0 Å². The number of nitrogens with two attached hydrogens (primary N) is 1. The summed E-state index contributed by atoms with van der Waals surface area (Å²) in [6.45, 7) is 0. The lowest BCUT2D eigenvalue weighted by Gasteiger charge is -2.07. The number of para-hydroxylation sites is 3. The Bertz CT molecular complexity index is 905. The maximum absolute atomic E-state index is 5.72. The van der Waals surface area contributed by atoms with Crippen molar-refractivity contribution in [1.29, 1.82) is 0 Å². The van der Waals surface area contributed by atoms with Crippen LogP contribution in [0.2, 0.25) is 0 Å². The summed E-state index contributed by atoms with van der Waals surface area (Å²) in [6, 6.07) is 20.0. The third-order valence-electron chi connectivity index (χ3n) is 3.41. The minimum atomic E-state index is 0.455. The lowest BCUT2D eigenvalue weighted by molar-refractivity contribution is 1.04. The highest BCUT2D eigenvalue weighted by Crippen LogP contribution is 2.27. The lowest BCUT2D eigenvalue weighted by atomic mass is 10.2. The van der Waals surface area contributed by atoms with Crippen molar-refractivity contribution in [2.75, 3.05) is 5.73 Å². The van der Waals surface area contributed by atoms with E-state index in [9.17, 15) is 0 Å². The van der Waals surface area contributed by atoms with E-state index in [2.05, 4.69) is 33.0 Å². The normalized spacial score (nSPS) is 11.0. The molecule has 0 saturated heterocycles. The zero-order valence-electron chi connectivity index (χ0n) is 11.2. The third kappa shape index (κ3) is 1.87. The van der Waals surface area contributed by atoms with E-state index in [1.54, 1.807) is 6.07 Å². The first-order chi connectivity index (χ1) is 10.3. The zero-order chi connectivity index (χ0) is 14.2. The highest BCUT2D eigenvalue weighted by Gasteiger charge is 2.15. The lowest BCUT2D eigenvalue weighted by Crippen LogP contribution is -1.97. The second-order valence-electron chi connectivity index (χ2n) is 4.80. The van der Waals surface area contributed by atoms with Gasteiger partial charge in [0.25, 0.3) is 0 Å². The predicted octanol–water partition coefficient (Wildman–Crippen LogP) is 3.00. The molecule has 2 aromatic carbocycles. The van der Waals surface area contributed by atoms with Crippen LogP contribution in [0.25, 0.3) is 28.2 Å². The summed E-state index contributed by atoms with van der Waals surface area (Å²) in [5.41, 5.74) is 9.55. The summed E-state index contributed by atoms with van der Waals surface area (Å²) in [6.07, 6.45) is 0. The Labute approximate surface area is 121 Å². The maximum Gasteiger partial charge on any atom is 0.163 e. The molecule has 0 aliphatic rings. The molecule has 0 radical (unpaired) electrons. The fourth-order valence-corrected chi connectivity index (χ4v) is 2.50. The maximum atomic E-state index is 5.72. The first kappa shape index (κ1) is 11.7. The molecule has 5 heteroatoms. The van der Waals surface area contributed by atoms with E-state index < -0.39 is 0 Å². The Morgan fingerprint density at radius 1 is 0.952 bits per heavy atom. The first-order valence-corrected chi connectivity index (χ1v) is 6.67. The number of H-pyrrole nitrogens is 1. The number of rotatable bonds is 2. The van der Waals surface area contributed by atoms with Crippen molar-refractivity contribution in [2.24, 2.45) is 0 Å². The van der Waals surface area contributed by atoms with Crippen LogP contribution in [0, 0.1) is 0 Å². The van der Waals surface area contributed by atoms with Crippen LogP contribution in [0.1, 0.15) is 0 Å². The van der Waals surface area contributed by atoms with Crippen LogP contribution in [0.4, 0.5) is 5.82 Å². The largest absolute Gasteiger partial charge is 0.382 e. The van der Waals surface area contributed by atoms with Crippen LogP contribution >= 0.6 is 0 Å². The molecule has 5 nitrogen and oxygen atoms in total. The van der Waals surface area contributed by atoms with Gasteiger partial charge in [-0.25, -0.2) is 4.98 Å². The molecule has 0 fully saturated rings. The van der Waals surface area contributed by atoms with E-state index in [-0.39, 0.29) is 0 Å². The monoisotopic (exact) mass is 275 g/mol. The number of nitrogens with one attached hydrogen (secondary N) is 1. The number of anilines is 1. The van der Waals surface area contributed by atoms with Gasteiger partial charge in [-0.1, -0.05) is 30.3 Å². The molecular formula is C16H13N5. The molecule has 0 saturated carbocycles. The number of nitrogen functional groups attached to an aromatic ring is 1. The van der Waals surface area contributed by atoms with Crippen LogP contribution < -0.4 is 5.73 Å². The summed E-state index contributed by atoms with van der Waals surface area (Å²) >= 11 is 0. The molecule has 4 rings (SSSR count). The van der Waals surface area contributed by atoms with Gasteiger partial charge in [-0.15, -0.1) is 0 Å². The van der Waals surface area contributed by atoms with Gasteiger partial charge >= 0.3 is 0 Å². The quantitative estimate of drug-likeness (QED) is 0.590. The van der Waals surface area contributed by atoms with E-state index in [4.69, 9.17) is 10.7 Å². The Kier molecular flexibility index (Phi) is 2.50. The number of aromatic nitrogens is 4. The molecular weight excluding hydrogens is 262 g/mol. The predicted molar refractivity (Wildman–Crippen MR) is 83.1 cm³/mol. The number of benzene rings is 2. The van der Waals surface area contributed by atoms with Crippen molar-refractivity contribution >= 4 is 16.9 Å². The number of hydrogen-bond donors (Lipinski definition) is 2. The number of fused-ring (bicyclic) bond motifs is 1. The number of hydrogen-bond acceptors (Lipinski definition) is 3. The fraction of sp³-hybridized carbons (Fsp3) is 0. The van der Waals surface area contributed by atoms with Gasteiger partial charge in [0, 0.05) is 11.8 Å². The standard InChI is InChI=1S/C16H13N5/c17-15-10-13(19-20-15)16-18-12-8-4-5-9-14(12)21(16)11-6-2-1-3-7-11/h1-10H,(H3,17,19,20). The first-order valence-electron chi connectivity index (χ1n) is 6.67. The SMILES string of the molecule is Nc1cc(-c2nc3ccccc3n2-c2ccccc2)[nH]n1. The van der Waals surface area contributed by atoms with E-state index in [0.29, 0.717) is 5.82 Å². The van der Waals surface area contributed by atoms with Gasteiger partial charge in [0.05, 0.1) is 11.0 Å². The van der Waals surface area contributed by atoms with Crippen molar-refractivity contribution in [2.45, 2.75) is 0 Å². The van der Waals surface area contributed by atoms with E-state index in [0.717, 1.165) is 28.2 Å². The Hall–Kier alpha value is -3.08. The minimum absolute atomic E-state index is 0.455. The molecule has 0 aliphatic carbocycles. The highest BCUT2D eigenvalue weighted by molar-refractivity contribution is 5.82. The van der Waals surface area contributed by atoms with Crippen molar-refractivity contribution in [1.82, 2.24) is 19.7 Å². The van der Waals surface area contributed by atoms with Crippen LogP contribution in [0.5, 0.6) is 0 Å². The van der Waals surface area contributed by atoms with E-state index >= 15 is 0 Å². The van der Waals surface area contributed by atoms with Crippen LogP contribution in [-0.4, -0.2) is 19.7 Å². The van der Waals surface area contributed by atoms with Crippen LogP contribution in [-0.2, 0) is 0 Å². The second-order valence-corrected chi connectivity index (χ2v) is 4.80. The van der Waals surface area contributed by atoms with Gasteiger partial charge in [0.1, 0.15) is 11.5 Å². The van der Waals surface area contributed by atoms with Crippen molar-refractivity contribution in [3.05, 3.63) is 60.7 Å². The molecule has 2 aromatic heterocycles. The third-order valence-corrected chi connectivity index (χ3v) is 3.41. The highest BCUT2D eigenvalue weighted by atomic mass is 15.2. The summed E-state index contributed by atoms with van der Waals surface area (Å²) in [7, 11) is 0. The Balaban J connectivity index is 2.06. The van der Waals surface area contributed by atoms with Gasteiger partial charge in [0.2, 0.25) is 0 Å². The smallest absolute Gasteiger partial charge is 0.163 e. The summed E-state index contributed by atoms with van der Waals surface area (Å²) in [5, 5.41) is 6.93. The molecule has 0 spiro atoms. The van der Waals surface area contributed by atoms with E-state index in [1.165, 1.54) is 0 Å². The number of imidazole rings is 1. The molecule has 0 aliphatic heterocycles. The van der Waals surface area contributed by atoms with Gasteiger partial charge in [-0.3, -0.25) is 9.67 Å². The minimum Gasteiger partial charge on any atom is -0.382 e. The summed E-state index contributed by atoms with van der Waals surface area (Å²) in [5.74, 6) is 1.25. The molecule has 102 valence electrons. The molecule has 0 bridgehead atoms. The molecule has 21 heavy (non-hydrogen) atoms. The summed E-state index contributed by atoms with van der Waals surface area (Å²) in [4.78, 5) is 4.71. The average molecular weight is 275 g/mol. The number of nitrogens with zero attached hydrogens (tertiary/aromatic N) is 3. The molecule has 4 aromatic rings. The topological polar surface area (TPSA) is 72.5 Å². The molecule has 3 N–H and O–H groups in total. The van der Waals surface area contributed by atoms with Crippen molar-refractivity contribution < 1.29 is 0 Å².